The van der Waals surface area contributed by atoms with Gasteiger partial charge in [0.05, 0.1) is 5.92 Å². The number of aromatic hydroxyl groups is 1. The molecule has 0 saturated carbocycles. The molecular weight excluding hydrogens is 320 g/mol. The number of aryl methyl sites for hydroxylation is 1. The van der Waals surface area contributed by atoms with Gasteiger partial charge in [-0.05, 0) is 44.0 Å². The number of piperidine rings is 1. The monoisotopic (exact) mass is 340 g/mol. The maximum atomic E-state index is 12.5. The molecule has 2 N–H and O–H groups in total. The van der Waals surface area contributed by atoms with E-state index < -0.39 is 0 Å². The summed E-state index contributed by atoms with van der Waals surface area (Å²) in [6.45, 7) is 2.75. The smallest absolute Gasteiger partial charge is 0.253 e. The van der Waals surface area contributed by atoms with Crippen molar-refractivity contribution in [2.75, 3.05) is 18.4 Å². The molecule has 1 atom stereocenters. The van der Waals surface area contributed by atoms with Gasteiger partial charge in [-0.25, -0.2) is 4.98 Å². The van der Waals surface area contributed by atoms with Gasteiger partial charge in [0.15, 0.2) is 11.6 Å². The predicted octanol–water partition coefficient (Wildman–Crippen LogP) is 1.98. The van der Waals surface area contributed by atoms with Crippen molar-refractivity contribution in [2.45, 2.75) is 19.8 Å². The van der Waals surface area contributed by atoms with Gasteiger partial charge in [0, 0.05) is 36.7 Å². The number of hydrogen-bond acceptors (Lipinski definition) is 5. The van der Waals surface area contributed by atoms with Crippen LogP contribution in [-0.4, -0.2) is 44.9 Å². The van der Waals surface area contributed by atoms with Gasteiger partial charge < -0.3 is 15.3 Å². The van der Waals surface area contributed by atoms with E-state index in [1.54, 1.807) is 42.4 Å². The highest BCUT2D eigenvalue weighted by molar-refractivity contribution is 5.96. The lowest BCUT2D eigenvalue weighted by Crippen LogP contribution is -2.43. The molecule has 1 aliphatic rings. The predicted molar refractivity (Wildman–Crippen MR) is 92.1 cm³/mol. The highest BCUT2D eigenvalue weighted by Crippen LogP contribution is 2.24. The van der Waals surface area contributed by atoms with Crippen LogP contribution in [0.4, 0.5) is 5.82 Å². The summed E-state index contributed by atoms with van der Waals surface area (Å²) in [5, 5.41) is 12.5. The molecule has 3 rings (SSSR count). The SMILES string of the molecule is Cc1ccc(O)c(NC(=O)[C@H]2CCCN(C(=O)c3ccncc3)C2)n1. The highest BCUT2D eigenvalue weighted by atomic mass is 16.3. The zero-order valence-electron chi connectivity index (χ0n) is 14.0. The zero-order valence-corrected chi connectivity index (χ0v) is 14.0. The minimum absolute atomic E-state index is 0.0699. The lowest BCUT2D eigenvalue weighted by molar-refractivity contribution is -0.121. The van der Waals surface area contributed by atoms with Gasteiger partial charge in [-0.3, -0.25) is 14.6 Å². The first kappa shape index (κ1) is 16.9. The molecule has 0 radical (unpaired) electrons. The molecule has 2 aromatic rings. The maximum absolute atomic E-state index is 12.5. The first-order valence-corrected chi connectivity index (χ1v) is 8.21. The van der Waals surface area contributed by atoms with Crippen LogP contribution in [-0.2, 0) is 4.79 Å². The molecule has 1 aliphatic heterocycles. The van der Waals surface area contributed by atoms with E-state index in [0.717, 1.165) is 6.42 Å². The Balaban J connectivity index is 1.67. The first-order valence-electron chi connectivity index (χ1n) is 8.21. The summed E-state index contributed by atoms with van der Waals surface area (Å²) in [6, 6.07) is 6.50. The Morgan fingerprint density at radius 1 is 1.24 bits per heavy atom. The molecule has 25 heavy (non-hydrogen) atoms. The molecule has 0 aliphatic carbocycles. The number of likely N-dealkylation sites (tertiary alicyclic amines) is 1. The minimum atomic E-state index is -0.332. The number of amides is 2. The van der Waals surface area contributed by atoms with Crippen LogP contribution < -0.4 is 5.32 Å². The molecule has 0 spiro atoms. The van der Waals surface area contributed by atoms with E-state index in [-0.39, 0.29) is 29.3 Å². The van der Waals surface area contributed by atoms with Crippen LogP contribution in [0.1, 0.15) is 28.9 Å². The number of aromatic nitrogens is 2. The molecule has 130 valence electrons. The second-order valence-electron chi connectivity index (χ2n) is 6.14. The molecule has 0 unspecified atom stereocenters. The van der Waals surface area contributed by atoms with Crippen LogP contribution in [0.2, 0.25) is 0 Å². The van der Waals surface area contributed by atoms with Crippen molar-refractivity contribution in [3.63, 3.8) is 0 Å². The van der Waals surface area contributed by atoms with E-state index in [0.29, 0.717) is 30.8 Å². The van der Waals surface area contributed by atoms with Crippen LogP contribution in [0.3, 0.4) is 0 Å². The normalized spacial score (nSPS) is 17.2. The van der Waals surface area contributed by atoms with Crippen molar-refractivity contribution < 1.29 is 14.7 Å². The fourth-order valence-electron chi connectivity index (χ4n) is 2.91. The molecule has 7 nitrogen and oxygen atoms in total. The van der Waals surface area contributed by atoms with Gasteiger partial charge in [0.1, 0.15) is 0 Å². The quantitative estimate of drug-likeness (QED) is 0.891. The van der Waals surface area contributed by atoms with Crippen LogP contribution >= 0.6 is 0 Å². The van der Waals surface area contributed by atoms with Crippen molar-refractivity contribution in [3.05, 3.63) is 47.9 Å². The van der Waals surface area contributed by atoms with Gasteiger partial charge >= 0.3 is 0 Å². The van der Waals surface area contributed by atoms with Gasteiger partial charge in [-0.15, -0.1) is 0 Å². The summed E-state index contributed by atoms with van der Waals surface area (Å²) in [7, 11) is 0. The van der Waals surface area contributed by atoms with E-state index in [1.807, 2.05) is 0 Å². The van der Waals surface area contributed by atoms with E-state index in [2.05, 4.69) is 15.3 Å². The summed E-state index contributed by atoms with van der Waals surface area (Å²) >= 11 is 0. The Bertz CT molecular complexity index is 779. The summed E-state index contributed by atoms with van der Waals surface area (Å²) < 4.78 is 0. The third kappa shape index (κ3) is 3.93. The van der Waals surface area contributed by atoms with Crippen molar-refractivity contribution in [3.8, 4) is 5.75 Å². The number of carbonyl (C=O) groups excluding carboxylic acids is 2. The zero-order chi connectivity index (χ0) is 17.8. The third-order valence-electron chi connectivity index (χ3n) is 4.26. The Hall–Kier alpha value is -2.96. The second kappa shape index (κ2) is 7.29. The van der Waals surface area contributed by atoms with Crippen molar-refractivity contribution in [1.29, 1.82) is 0 Å². The Morgan fingerprint density at radius 2 is 2.00 bits per heavy atom. The standard InChI is InChI=1S/C18H20N4O3/c1-12-4-5-15(23)16(20-12)21-17(24)14-3-2-10-22(11-14)18(25)13-6-8-19-9-7-13/h4-9,14,23H,2-3,10-11H2,1H3,(H,20,21,24)/t14-/m0/s1. The lowest BCUT2D eigenvalue weighted by Gasteiger charge is -2.32. The van der Waals surface area contributed by atoms with Crippen LogP contribution in [0.15, 0.2) is 36.7 Å². The van der Waals surface area contributed by atoms with E-state index in [4.69, 9.17) is 0 Å². The molecule has 1 fully saturated rings. The molecule has 0 aromatic carbocycles. The number of nitrogens with one attached hydrogen (secondary N) is 1. The van der Waals surface area contributed by atoms with Crippen LogP contribution in [0.25, 0.3) is 0 Å². The van der Waals surface area contributed by atoms with E-state index >= 15 is 0 Å². The van der Waals surface area contributed by atoms with Crippen molar-refractivity contribution in [1.82, 2.24) is 14.9 Å². The van der Waals surface area contributed by atoms with Gasteiger partial charge in [0.25, 0.3) is 5.91 Å². The average molecular weight is 340 g/mol. The largest absolute Gasteiger partial charge is 0.504 e. The highest BCUT2D eigenvalue weighted by Gasteiger charge is 2.29. The topological polar surface area (TPSA) is 95.4 Å². The summed E-state index contributed by atoms with van der Waals surface area (Å²) in [4.78, 5) is 34.8. The van der Waals surface area contributed by atoms with Crippen molar-refractivity contribution in [2.24, 2.45) is 5.92 Å². The number of rotatable bonds is 3. The Kier molecular flexibility index (Phi) is 4.92. The van der Waals surface area contributed by atoms with Gasteiger partial charge in [0.2, 0.25) is 5.91 Å². The average Bonchev–Trinajstić information content (AvgIpc) is 2.65. The third-order valence-corrected chi connectivity index (χ3v) is 4.26. The lowest BCUT2D eigenvalue weighted by atomic mass is 9.96. The number of anilines is 1. The minimum Gasteiger partial charge on any atom is -0.504 e. The van der Waals surface area contributed by atoms with Crippen LogP contribution in [0, 0.1) is 12.8 Å². The van der Waals surface area contributed by atoms with E-state index in [1.165, 1.54) is 6.07 Å². The first-order chi connectivity index (χ1) is 12.0. The second-order valence-corrected chi connectivity index (χ2v) is 6.14. The number of nitrogens with zero attached hydrogens (tertiary/aromatic N) is 3. The summed E-state index contributed by atoms with van der Waals surface area (Å²) in [5.74, 6) is -0.583. The molecule has 7 heteroatoms. The number of pyridine rings is 2. The maximum Gasteiger partial charge on any atom is 0.253 e. The summed E-state index contributed by atoms with van der Waals surface area (Å²) in [6.07, 6.45) is 4.60. The molecule has 0 bridgehead atoms. The number of carbonyl (C=O) groups is 2. The Morgan fingerprint density at radius 3 is 2.76 bits per heavy atom. The molecular formula is C18H20N4O3. The molecule has 3 heterocycles. The molecule has 1 saturated heterocycles. The summed E-state index contributed by atoms with van der Waals surface area (Å²) in [5.41, 5.74) is 1.26. The van der Waals surface area contributed by atoms with E-state index in [9.17, 15) is 14.7 Å². The van der Waals surface area contributed by atoms with Crippen LogP contribution in [0.5, 0.6) is 5.75 Å². The van der Waals surface area contributed by atoms with Gasteiger partial charge in [-0.2, -0.15) is 0 Å². The Labute approximate surface area is 145 Å². The molecule has 2 amide bonds. The fraction of sp³-hybridized carbons (Fsp3) is 0.333. The number of hydrogen-bond donors (Lipinski definition) is 2. The van der Waals surface area contributed by atoms with Crippen molar-refractivity contribution >= 4 is 17.6 Å². The van der Waals surface area contributed by atoms with Gasteiger partial charge in [-0.1, -0.05) is 0 Å². The molecule has 2 aromatic heterocycles. The fourth-order valence-corrected chi connectivity index (χ4v) is 2.91.